The predicted octanol–water partition coefficient (Wildman–Crippen LogP) is 9.68. The zero-order valence-electron chi connectivity index (χ0n) is 21.7. The lowest BCUT2D eigenvalue weighted by atomic mass is 9.82. The molecule has 0 spiro atoms. The Morgan fingerprint density at radius 3 is 2.21 bits per heavy atom. The Morgan fingerprint density at radius 1 is 0.658 bits per heavy atom. The molecule has 0 fully saturated rings. The van der Waals surface area contributed by atoms with Crippen LogP contribution in [0, 0.1) is 0 Å². The third-order valence-electron chi connectivity index (χ3n) is 8.46. The summed E-state index contributed by atoms with van der Waals surface area (Å²) in [5, 5.41) is 4.83. The summed E-state index contributed by atoms with van der Waals surface area (Å²) in [6.07, 6.45) is 2.15. The Kier molecular flexibility index (Phi) is 4.33. The van der Waals surface area contributed by atoms with Crippen molar-refractivity contribution in [3.05, 3.63) is 108 Å². The first-order valence-electron chi connectivity index (χ1n) is 13.0. The second-order valence-electron chi connectivity index (χ2n) is 11.0. The highest BCUT2D eigenvalue weighted by molar-refractivity contribution is 8.13. The number of hydrogen-bond donors (Lipinski definition) is 0. The molecule has 8 rings (SSSR count). The van der Waals surface area contributed by atoms with Gasteiger partial charge in [-0.05, 0) is 58.8 Å². The fourth-order valence-corrected chi connectivity index (χ4v) is 7.43. The van der Waals surface area contributed by atoms with Crippen LogP contribution in [-0.4, -0.2) is 16.7 Å². The Labute approximate surface area is 224 Å². The predicted molar refractivity (Wildman–Crippen MR) is 165 cm³/mol. The number of aromatic nitrogens is 1. The molecular formula is C35H27NOS. The van der Waals surface area contributed by atoms with Crippen molar-refractivity contribution in [2.45, 2.75) is 24.2 Å². The van der Waals surface area contributed by atoms with Gasteiger partial charge >= 0.3 is 0 Å². The van der Waals surface area contributed by atoms with E-state index in [1.165, 1.54) is 49.0 Å². The average molecular weight is 510 g/mol. The van der Waals surface area contributed by atoms with Crippen molar-refractivity contribution in [2.75, 3.05) is 6.26 Å². The van der Waals surface area contributed by atoms with E-state index in [9.17, 15) is 0 Å². The topological polar surface area (TPSA) is 18.1 Å². The van der Waals surface area contributed by atoms with E-state index in [2.05, 4.69) is 128 Å². The van der Waals surface area contributed by atoms with Crippen LogP contribution in [0.25, 0.3) is 60.6 Å². The zero-order chi connectivity index (χ0) is 25.8. The number of fused-ring (bicyclic) bond motifs is 9. The number of hydrogen-bond acceptors (Lipinski definition) is 1. The van der Waals surface area contributed by atoms with Gasteiger partial charge in [-0.1, -0.05) is 86.4 Å². The lowest BCUT2D eigenvalue weighted by Crippen LogP contribution is -2.14. The summed E-state index contributed by atoms with van der Waals surface area (Å²) in [4.78, 5) is 1.17. The maximum atomic E-state index is 6.73. The Balaban J connectivity index is 1.52. The molecule has 1 atom stereocenters. The zero-order valence-corrected chi connectivity index (χ0v) is 22.5. The highest BCUT2D eigenvalue weighted by Crippen LogP contribution is 2.51. The van der Waals surface area contributed by atoms with Crippen molar-refractivity contribution in [3.63, 3.8) is 0 Å². The normalized spacial score (nSPS) is 14.9. The minimum absolute atomic E-state index is 0.0626. The molecule has 1 unspecified atom stereocenters. The fourth-order valence-electron chi connectivity index (χ4n) is 6.65. The molecule has 0 amide bonds. The summed E-state index contributed by atoms with van der Waals surface area (Å²) in [6.45, 7) is 4.69. The number of rotatable bonds is 2. The van der Waals surface area contributed by atoms with Crippen LogP contribution in [0.15, 0.2) is 106 Å². The van der Waals surface area contributed by atoms with Crippen molar-refractivity contribution in [1.82, 2.24) is 4.57 Å². The SMILES string of the molecule is C=S(C)c1cccc2c1oc1c(-n3c4ccccc4c4cc5c(cc43)C(C)(C)c3ccccc3-5)cccc12. The number of benzene rings is 5. The average Bonchev–Trinajstić information content (AvgIpc) is 3.54. The summed E-state index contributed by atoms with van der Waals surface area (Å²) in [5.74, 6) is 4.31. The molecule has 2 aromatic heterocycles. The van der Waals surface area contributed by atoms with Crippen LogP contribution in [0.5, 0.6) is 0 Å². The summed E-state index contributed by atoms with van der Waals surface area (Å²) in [5.41, 5.74) is 10.8. The Morgan fingerprint density at radius 2 is 1.37 bits per heavy atom. The van der Waals surface area contributed by atoms with Gasteiger partial charge in [0, 0.05) is 31.9 Å². The van der Waals surface area contributed by atoms with Crippen molar-refractivity contribution < 1.29 is 4.42 Å². The summed E-state index contributed by atoms with van der Waals surface area (Å²) in [7, 11) is -0.147. The van der Waals surface area contributed by atoms with E-state index >= 15 is 0 Å². The summed E-state index contributed by atoms with van der Waals surface area (Å²) in [6, 6.07) is 35.4. The number of para-hydroxylation sites is 3. The molecule has 7 aromatic rings. The van der Waals surface area contributed by atoms with Gasteiger partial charge < -0.3 is 8.98 Å². The van der Waals surface area contributed by atoms with Crippen LogP contribution >= 0.6 is 10.5 Å². The largest absolute Gasteiger partial charge is 0.453 e. The fraction of sp³-hybridized carbons (Fsp3) is 0.114. The van der Waals surface area contributed by atoms with Gasteiger partial charge in [0.1, 0.15) is 5.58 Å². The first-order valence-corrected chi connectivity index (χ1v) is 14.8. The summed E-state index contributed by atoms with van der Waals surface area (Å²) < 4.78 is 9.14. The Hall–Kier alpha value is -4.08. The molecule has 38 heavy (non-hydrogen) atoms. The van der Waals surface area contributed by atoms with Gasteiger partial charge in [-0.2, -0.15) is 10.5 Å². The molecule has 5 aromatic carbocycles. The lowest BCUT2D eigenvalue weighted by Gasteiger charge is -2.21. The monoisotopic (exact) mass is 509 g/mol. The molecule has 0 saturated heterocycles. The van der Waals surface area contributed by atoms with Gasteiger partial charge in [-0.15, -0.1) is 0 Å². The van der Waals surface area contributed by atoms with E-state index < -0.39 is 0 Å². The van der Waals surface area contributed by atoms with Gasteiger partial charge in [-0.3, -0.25) is 0 Å². The molecule has 1 aliphatic carbocycles. The molecule has 1 aliphatic rings. The van der Waals surface area contributed by atoms with E-state index in [1.54, 1.807) is 0 Å². The van der Waals surface area contributed by atoms with Crippen LogP contribution < -0.4 is 0 Å². The number of nitrogens with zero attached hydrogens (tertiary/aromatic N) is 1. The van der Waals surface area contributed by atoms with Gasteiger partial charge in [-0.25, -0.2) is 0 Å². The Bertz CT molecular complexity index is 2140. The van der Waals surface area contributed by atoms with Crippen molar-refractivity contribution in [3.8, 4) is 16.8 Å². The standard InChI is InChI=1S/C35H27NOS/c1-35(2)27-15-7-5-11-21(27)25-19-26-22-12-6-8-16-29(22)36(31(26)20-28(25)35)30-17-9-13-23-24-14-10-18-32(38(3)4)34(24)37-33(23)30/h5-20H,3H2,1-2,4H3. The number of furan rings is 1. The molecule has 3 heteroatoms. The molecule has 0 radical (unpaired) electrons. The summed E-state index contributed by atoms with van der Waals surface area (Å²) >= 11 is 0. The van der Waals surface area contributed by atoms with E-state index in [1.807, 2.05) is 0 Å². The molecule has 0 bridgehead atoms. The first-order chi connectivity index (χ1) is 18.4. The van der Waals surface area contributed by atoms with Crippen molar-refractivity contribution in [2.24, 2.45) is 0 Å². The molecule has 2 heterocycles. The first kappa shape index (κ1) is 22.0. The molecule has 0 saturated carbocycles. The molecule has 2 nitrogen and oxygen atoms in total. The van der Waals surface area contributed by atoms with Crippen LogP contribution in [-0.2, 0) is 5.41 Å². The smallest absolute Gasteiger partial charge is 0.159 e. The van der Waals surface area contributed by atoms with Gasteiger partial charge in [0.05, 0.1) is 16.7 Å². The lowest BCUT2D eigenvalue weighted by molar-refractivity contribution is 0.657. The van der Waals surface area contributed by atoms with Crippen LogP contribution in [0.4, 0.5) is 0 Å². The molecule has 0 N–H and O–H groups in total. The van der Waals surface area contributed by atoms with Crippen molar-refractivity contribution >= 4 is 60.1 Å². The second kappa shape index (κ2) is 7.49. The van der Waals surface area contributed by atoms with Crippen LogP contribution in [0.2, 0.25) is 0 Å². The second-order valence-corrected chi connectivity index (χ2v) is 12.7. The third-order valence-corrected chi connectivity index (χ3v) is 9.53. The van der Waals surface area contributed by atoms with E-state index in [0.29, 0.717) is 0 Å². The molecular weight excluding hydrogens is 482 g/mol. The molecule has 184 valence electrons. The minimum atomic E-state index is -0.147. The van der Waals surface area contributed by atoms with Crippen molar-refractivity contribution in [1.29, 1.82) is 0 Å². The van der Waals surface area contributed by atoms with Gasteiger partial charge in [0.25, 0.3) is 0 Å². The van der Waals surface area contributed by atoms with Gasteiger partial charge in [0.2, 0.25) is 0 Å². The van der Waals surface area contributed by atoms with Gasteiger partial charge in [0.15, 0.2) is 5.58 Å². The quantitative estimate of drug-likeness (QED) is 0.212. The maximum absolute atomic E-state index is 6.73. The molecule has 0 aliphatic heterocycles. The van der Waals surface area contributed by atoms with Crippen LogP contribution in [0.3, 0.4) is 0 Å². The van der Waals surface area contributed by atoms with E-state index in [-0.39, 0.29) is 15.9 Å². The van der Waals surface area contributed by atoms with Crippen LogP contribution in [0.1, 0.15) is 25.0 Å². The minimum Gasteiger partial charge on any atom is -0.453 e. The van der Waals surface area contributed by atoms with E-state index in [0.717, 1.165) is 27.6 Å². The third kappa shape index (κ3) is 2.72. The highest BCUT2D eigenvalue weighted by Gasteiger charge is 2.36. The maximum Gasteiger partial charge on any atom is 0.159 e. The highest BCUT2D eigenvalue weighted by atomic mass is 32.2. The van der Waals surface area contributed by atoms with E-state index in [4.69, 9.17) is 4.42 Å².